The van der Waals surface area contributed by atoms with Crippen molar-refractivity contribution in [3.8, 4) is 0 Å². The van der Waals surface area contributed by atoms with Crippen LogP contribution in [0.25, 0.3) is 0 Å². The lowest BCUT2D eigenvalue weighted by Gasteiger charge is -2.34. The van der Waals surface area contributed by atoms with E-state index in [0.717, 1.165) is 62.7 Å². The van der Waals surface area contributed by atoms with Crippen molar-refractivity contribution in [1.29, 1.82) is 0 Å². The number of thioether (sulfide) groups is 1. The average Bonchev–Trinajstić information content (AvgIpc) is 3.54. The molecule has 2 aromatic rings. The third-order valence-corrected chi connectivity index (χ3v) is 7.15. The van der Waals surface area contributed by atoms with Crippen molar-refractivity contribution in [2.45, 2.75) is 30.6 Å². The van der Waals surface area contributed by atoms with Crippen LogP contribution in [-0.4, -0.2) is 106 Å². The van der Waals surface area contributed by atoms with E-state index >= 15 is 0 Å². The zero-order valence-corrected chi connectivity index (χ0v) is 19.5. The molecule has 3 aliphatic heterocycles. The minimum Gasteiger partial charge on any atom is -0.378 e. The largest absolute Gasteiger partial charge is 0.378 e. The van der Waals surface area contributed by atoms with Gasteiger partial charge in [0.05, 0.1) is 31.6 Å². The summed E-state index contributed by atoms with van der Waals surface area (Å²) in [5.74, 6) is 2.03. The number of anilines is 2. The minimum atomic E-state index is 0.119. The Morgan fingerprint density at radius 3 is 2.52 bits per heavy atom. The molecule has 33 heavy (non-hydrogen) atoms. The van der Waals surface area contributed by atoms with Crippen molar-refractivity contribution >= 4 is 29.6 Å². The van der Waals surface area contributed by atoms with Crippen molar-refractivity contribution in [2.24, 2.45) is 0 Å². The molecule has 3 saturated heterocycles. The van der Waals surface area contributed by atoms with Gasteiger partial charge >= 0.3 is 0 Å². The summed E-state index contributed by atoms with van der Waals surface area (Å²) in [4.78, 5) is 27.8. The Kier molecular flexibility index (Phi) is 7.22. The Balaban J connectivity index is 1.20. The molecule has 12 heteroatoms. The maximum absolute atomic E-state index is 12.9. The summed E-state index contributed by atoms with van der Waals surface area (Å²) in [5, 5.41) is 9.70. The van der Waals surface area contributed by atoms with Gasteiger partial charge in [-0.2, -0.15) is 0 Å². The lowest BCUT2D eigenvalue weighted by molar-refractivity contribution is -0.128. The van der Waals surface area contributed by atoms with Gasteiger partial charge in [0.1, 0.15) is 0 Å². The van der Waals surface area contributed by atoms with E-state index in [1.165, 1.54) is 11.8 Å². The Morgan fingerprint density at radius 1 is 1.00 bits per heavy atom. The first-order valence-electron chi connectivity index (χ1n) is 11.6. The SMILES string of the molecule is O=C(CSc1nnc(N2CCOCC2)n1CC1CCCO1)N1CCN(c2ncccn2)CC1. The van der Waals surface area contributed by atoms with E-state index in [0.29, 0.717) is 38.6 Å². The second-order valence-electron chi connectivity index (χ2n) is 8.33. The lowest BCUT2D eigenvalue weighted by atomic mass is 10.2. The van der Waals surface area contributed by atoms with Gasteiger partial charge in [0, 0.05) is 58.3 Å². The lowest BCUT2D eigenvalue weighted by Crippen LogP contribution is -2.49. The fourth-order valence-corrected chi connectivity index (χ4v) is 5.21. The number of piperazine rings is 1. The average molecular weight is 475 g/mol. The summed E-state index contributed by atoms with van der Waals surface area (Å²) in [6, 6.07) is 1.81. The van der Waals surface area contributed by atoms with Crippen molar-refractivity contribution in [3.63, 3.8) is 0 Å². The van der Waals surface area contributed by atoms with Crippen LogP contribution in [0.5, 0.6) is 0 Å². The van der Waals surface area contributed by atoms with Crippen LogP contribution in [0.2, 0.25) is 0 Å². The molecule has 11 nitrogen and oxygen atoms in total. The fourth-order valence-electron chi connectivity index (χ4n) is 4.36. The van der Waals surface area contributed by atoms with Crippen LogP contribution >= 0.6 is 11.8 Å². The van der Waals surface area contributed by atoms with Gasteiger partial charge in [-0.05, 0) is 18.9 Å². The van der Waals surface area contributed by atoms with Crippen LogP contribution in [0, 0.1) is 0 Å². The van der Waals surface area contributed by atoms with Gasteiger partial charge < -0.3 is 24.2 Å². The number of carbonyl (C=O) groups is 1. The molecule has 5 rings (SSSR count). The molecule has 0 aliphatic carbocycles. The van der Waals surface area contributed by atoms with E-state index in [9.17, 15) is 4.79 Å². The van der Waals surface area contributed by atoms with E-state index in [1.54, 1.807) is 12.4 Å². The highest BCUT2D eigenvalue weighted by molar-refractivity contribution is 7.99. The summed E-state index contributed by atoms with van der Waals surface area (Å²) in [5.41, 5.74) is 0. The number of nitrogens with zero attached hydrogens (tertiary/aromatic N) is 8. The molecular weight excluding hydrogens is 444 g/mol. The number of carbonyl (C=O) groups excluding carboxylic acids is 1. The predicted octanol–water partition coefficient (Wildman–Crippen LogP) is 0.525. The van der Waals surface area contributed by atoms with E-state index in [1.807, 2.05) is 11.0 Å². The quantitative estimate of drug-likeness (QED) is 0.528. The maximum atomic E-state index is 12.9. The Bertz CT molecular complexity index is 909. The predicted molar refractivity (Wildman–Crippen MR) is 124 cm³/mol. The van der Waals surface area contributed by atoms with E-state index < -0.39 is 0 Å². The summed E-state index contributed by atoms with van der Waals surface area (Å²) < 4.78 is 13.5. The van der Waals surface area contributed by atoms with Gasteiger partial charge in [0.25, 0.3) is 0 Å². The van der Waals surface area contributed by atoms with Crippen LogP contribution in [0.15, 0.2) is 23.6 Å². The van der Waals surface area contributed by atoms with Gasteiger partial charge in [0.15, 0.2) is 5.16 Å². The molecule has 1 unspecified atom stereocenters. The molecule has 178 valence electrons. The van der Waals surface area contributed by atoms with Crippen LogP contribution < -0.4 is 9.80 Å². The smallest absolute Gasteiger partial charge is 0.233 e. The minimum absolute atomic E-state index is 0.119. The van der Waals surface area contributed by atoms with Crippen LogP contribution in [0.1, 0.15) is 12.8 Å². The number of aromatic nitrogens is 5. The highest BCUT2D eigenvalue weighted by Crippen LogP contribution is 2.26. The monoisotopic (exact) mass is 474 g/mol. The van der Waals surface area contributed by atoms with Gasteiger partial charge in [0.2, 0.25) is 17.8 Å². The molecule has 0 spiro atoms. The van der Waals surface area contributed by atoms with Crippen LogP contribution in [0.4, 0.5) is 11.9 Å². The second-order valence-corrected chi connectivity index (χ2v) is 9.28. The standard InChI is InChI=1S/C21H30N8O3S/c30-18(26-6-8-27(9-7-26)19-22-4-2-5-23-19)16-33-21-25-24-20(28-10-13-31-14-11-28)29(21)15-17-3-1-12-32-17/h2,4-5,17H,1,3,6-16H2. The fraction of sp³-hybridized carbons (Fsp3) is 0.667. The molecule has 3 aliphatic rings. The maximum Gasteiger partial charge on any atom is 0.233 e. The Hall–Kier alpha value is -2.44. The van der Waals surface area contributed by atoms with Gasteiger partial charge in [-0.25, -0.2) is 9.97 Å². The van der Waals surface area contributed by atoms with Gasteiger partial charge in [-0.15, -0.1) is 10.2 Å². The number of amides is 1. The molecule has 2 aromatic heterocycles. The zero-order chi connectivity index (χ0) is 22.5. The molecule has 0 N–H and O–H groups in total. The Labute approximate surface area is 197 Å². The van der Waals surface area contributed by atoms with E-state index in [4.69, 9.17) is 9.47 Å². The number of rotatable bonds is 7. The number of morpholine rings is 1. The topological polar surface area (TPSA) is 102 Å². The Morgan fingerprint density at radius 2 is 1.79 bits per heavy atom. The van der Waals surface area contributed by atoms with E-state index in [-0.39, 0.29) is 12.0 Å². The molecular formula is C21H30N8O3S. The summed E-state index contributed by atoms with van der Waals surface area (Å²) in [7, 11) is 0. The van der Waals surface area contributed by atoms with Crippen LogP contribution in [-0.2, 0) is 20.8 Å². The highest BCUT2D eigenvalue weighted by Gasteiger charge is 2.27. The van der Waals surface area contributed by atoms with Crippen molar-refractivity contribution in [2.75, 3.05) is 74.6 Å². The number of hydrogen-bond donors (Lipinski definition) is 0. The molecule has 0 radical (unpaired) electrons. The first kappa shape index (κ1) is 22.4. The third-order valence-electron chi connectivity index (χ3n) is 6.19. The number of hydrogen-bond acceptors (Lipinski definition) is 10. The van der Waals surface area contributed by atoms with Gasteiger partial charge in [-0.1, -0.05) is 11.8 Å². The normalized spacial score (nSPS) is 21.6. The second kappa shape index (κ2) is 10.7. The van der Waals surface area contributed by atoms with Crippen LogP contribution in [0.3, 0.4) is 0 Å². The van der Waals surface area contributed by atoms with Crippen molar-refractivity contribution in [3.05, 3.63) is 18.5 Å². The first-order chi connectivity index (χ1) is 16.3. The highest BCUT2D eigenvalue weighted by atomic mass is 32.2. The third kappa shape index (κ3) is 5.39. The molecule has 3 fully saturated rings. The molecule has 1 atom stereocenters. The van der Waals surface area contributed by atoms with Gasteiger partial charge in [-0.3, -0.25) is 9.36 Å². The molecule has 1 amide bonds. The van der Waals surface area contributed by atoms with Crippen molar-refractivity contribution < 1.29 is 14.3 Å². The molecule has 0 saturated carbocycles. The summed E-state index contributed by atoms with van der Waals surface area (Å²) >= 11 is 1.46. The molecule has 0 bridgehead atoms. The van der Waals surface area contributed by atoms with Crippen molar-refractivity contribution in [1.82, 2.24) is 29.6 Å². The van der Waals surface area contributed by atoms with E-state index in [2.05, 4.69) is 34.5 Å². The summed E-state index contributed by atoms with van der Waals surface area (Å²) in [6.45, 7) is 7.28. The summed E-state index contributed by atoms with van der Waals surface area (Å²) in [6.07, 6.45) is 5.78. The molecule has 0 aromatic carbocycles. The molecule has 5 heterocycles. The number of ether oxygens (including phenoxy) is 2. The zero-order valence-electron chi connectivity index (χ0n) is 18.7. The first-order valence-corrected chi connectivity index (χ1v) is 12.6.